The number of hydrogen-bond acceptors (Lipinski definition) is 3. The molecule has 0 unspecified atom stereocenters. The predicted octanol–water partition coefficient (Wildman–Crippen LogP) is 1.76. The molecule has 2 amide bonds. The summed E-state index contributed by atoms with van der Waals surface area (Å²) < 4.78 is 0. The fraction of sp³-hybridized carbons (Fsp3) is 0.308. The van der Waals surface area contributed by atoms with Gasteiger partial charge < -0.3 is 10.2 Å². The summed E-state index contributed by atoms with van der Waals surface area (Å²) >= 11 is 0. The summed E-state index contributed by atoms with van der Waals surface area (Å²) in [6.07, 6.45) is 0.863. The Hall–Kier alpha value is -2.35. The fourth-order valence-corrected chi connectivity index (χ4v) is 1.79. The second-order valence-corrected chi connectivity index (χ2v) is 4.15. The van der Waals surface area contributed by atoms with Crippen LogP contribution in [0, 0.1) is 11.3 Å². The molecule has 1 aromatic rings. The van der Waals surface area contributed by atoms with Gasteiger partial charge in [-0.3, -0.25) is 4.79 Å². The molecule has 1 N–H and O–H groups in total. The molecule has 1 aliphatic heterocycles. The molecule has 0 aromatic heterocycles. The van der Waals surface area contributed by atoms with Gasteiger partial charge in [0.15, 0.2) is 0 Å². The fourth-order valence-electron chi connectivity index (χ4n) is 1.79. The van der Waals surface area contributed by atoms with Crippen molar-refractivity contribution in [3.8, 4) is 6.07 Å². The molecule has 1 heterocycles. The number of hydrogen-bond donors (Lipinski definition) is 1. The number of urea groups is 1. The molecule has 1 saturated heterocycles. The van der Waals surface area contributed by atoms with Crippen LogP contribution in [-0.4, -0.2) is 29.8 Å². The largest absolute Gasteiger partial charge is 0.324 e. The maximum Gasteiger partial charge on any atom is 0.321 e. The van der Waals surface area contributed by atoms with Gasteiger partial charge >= 0.3 is 6.03 Å². The summed E-state index contributed by atoms with van der Waals surface area (Å²) in [6.45, 7) is 0.946. The number of benzene rings is 1. The molecular weight excluding hydrogens is 230 g/mol. The highest BCUT2D eigenvalue weighted by atomic mass is 16.2. The molecule has 1 aliphatic rings. The van der Waals surface area contributed by atoms with Crippen molar-refractivity contribution in [2.24, 2.45) is 0 Å². The lowest BCUT2D eigenvalue weighted by molar-refractivity contribution is -0.120. The Bertz CT molecular complexity index is 492. The molecule has 18 heavy (non-hydrogen) atoms. The first kappa shape index (κ1) is 12.1. The number of rotatable bonds is 1. The third-order valence-electron chi connectivity index (χ3n) is 2.87. The molecule has 5 nitrogen and oxygen atoms in total. The van der Waals surface area contributed by atoms with E-state index in [-0.39, 0.29) is 11.8 Å². The first-order valence-corrected chi connectivity index (χ1v) is 5.77. The van der Waals surface area contributed by atoms with Crippen LogP contribution in [0.2, 0.25) is 0 Å². The van der Waals surface area contributed by atoms with E-state index < -0.39 is 0 Å². The van der Waals surface area contributed by atoms with Crippen molar-refractivity contribution in [1.29, 1.82) is 5.26 Å². The van der Waals surface area contributed by atoms with Gasteiger partial charge in [-0.25, -0.2) is 4.79 Å². The molecule has 92 valence electrons. The van der Waals surface area contributed by atoms with E-state index in [0.29, 0.717) is 37.2 Å². The highest BCUT2D eigenvalue weighted by molar-refractivity contribution is 5.91. The van der Waals surface area contributed by atoms with Crippen molar-refractivity contribution in [1.82, 2.24) is 4.90 Å². The number of ketones is 1. The number of amides is 2. The smallest absolute Gasteiger partial charge is 0.321 e. The van der Waals surface area contributed by atoms with E-state index in [2.05, 4.69) is 5.32 Å². The van der Waals surface area contributed by atoms with E-state index >= 15 is 0 Å². The number of Topliss-reactive ketones (excluding diaryl/α,β-unsaturated/α-hetero) is 1. The lowest BCUT2D eigenvalue weighted by Crippen LogP contribution is -2.41. The molecular formula is C13H13N3O2. The van der Waals surface area contributed by atoms with Crippen LogP contribution in [0.1, 0.15) is 18.4 Å². The Morgan fingerprint density at radius 3 is 2.39 bits per heavy atom. The van der Waals surface area contributed by atoms with Crippen LogP contribution in [0.5, 0.6) is 0 Å². The number of nitrogens with one attached hydrogen (secondary N) is 1. The second kappa shape index (κ2) is 5.32. The van der Waals surface area contributed by atoms with Crippen LogP contribution in [0.3, 0.4) is 0 Å². The normalized spacial score (nSPS) is 15.1. The number of piperidine rings is 1. The first-order chi connectivity index (χ1) is 8.69. The highest BCUT2D eigenvalue weighted by Gasteiger charge is 2.20. The number of nitrogens with zero attached hydrogens (tertiary/aromatic N) is 2. The quantitative estimate of drug-likeness (QED) is 0.816. The number of likely N-dealkylation sites (tertiary alicyclic amines) is 1. The summed E-state index contributed by atoms with van der Waals surface area (Å²) in [5.74, 6) is 0.206. The van der Waals surface area contributed by atoms with Crippen molar-refractivity contribution in [2.45, 2.75) is 12.8 Å². The van der Waals surface area contributed by atoms with Crippen LogP contribution in [-0.2, 0) is 4.79 Å². The minimum absolute atomic E-state index is 0.202. The molecule has 0 atom stereocenters. The van der Waals surface area contributed by atoms with Gasteiger partial charge in [-0.05, 0) is 24.3 Å². The van der Waals surface area contributed by atoms with E-state index in [4.69, 9.17) is 5.26 Å². The van der Waals surface area contributed by atoms with Gasteiger partial charge in [0, 0.05) is 31.6 Å². The number of carbonyl (C=O) groups is 2. The Labute approximate surface area is 105 Å². The van der Waals surface area contributed by atoms with Gasteiger partial charge in [-0.15, -0.1) is 0 Å². The molecule has 0 bridgehead atoms. The van der Waals surface area contributed by atoms with Gasteiger partial charge in [-0.2, -0.15) is 5.26 Å². The Morgan fingerprint density at radius 1 is 1.22 bits per heavy atom. The highest BCUT2D eigenvalue weighted by Crippen LogP contribution is 2.12. The average molecular weight is 243 g/mol. The van der Waals surface area contributed by atoms with Crippen LogP contribution in [0.25, 0.3) is 0 Å². The van der Waals surface area contributed by atoms with E-state index in [9.17, 15) is 9.59 Å². The van der Waals surface area contributed by atoms with Crippen molar-refractivity contribution >= 4 is 17.5 Å². The molecule has 0 radical (unpaired) electrons. The summed E-state index contributed by atoms with van der Waals surface area (Å²) in [7, 11) is 0. The van der Waals surface area contributed by atoms with E-state index in [1.165, 1.54) is 0 Å². The zero-order valence-corrected chi connectivity index (χ0v) is 9.85. The zero-order valence-electron chi connectivity index (χ0n) is 9.85. The standard InChI is InChI=1S/C13H13N3O2/c14-9-10-1-3-11(4-2-10)15-13(18)16-7-5-12(17)6-8-16/h1-4H,5-8H2,(H,15,18). The maximum atomic E-state index is 11.9. The van der Waals surface area contributed by atoms with Crippen molar-refractivity contribution in [3.63, 3.8) is 0 Å². The van der Waals surface area contributed by atoms with Gasteiger partial charge in [0.2, 0.25) is 0 Å². The molecule has 1 fully saturated rings. The predicted molar refractivity (Wildman–Crippen MR) is 66.0 cm³/mol. The minimum atomic E-state index is -0.202. The van der Waals surface area contributed by atoms with Crippen LogP contribution >= 0.6 is 0 Å². The summed E-state index contributed by atoms with van der Waals surface area (Å²) in [4.78, 5) is 24.6. The van der Waals surface area contributed by atoms with Gasteiger partial charge in [-0.1, -0.05) is 0 Å². The van der Waals surface area contributed by atoms with Crippen LogP contribution in [0.15, 0.2) is 24.3 Å². The summed E-state index contributed by atoms with van der Waals surface area (Å²) in [5, 5.41) is 11.4. The number of nitriles is 1. The maximum absolute atomic E-state index is 11.9. The van der Waals surface area contributed by atoms with Crippen LogP contribution in [0.4, 0.5) is 10.5 Å². The van der Waals surface area contributed by atoms with E-state index in [0.717, 1.165) is 0 Å². The Morgan fingerprint density at radius 2 is 1.83 bits per heavy atom. The van der Waals surface area contributed by atoms with Crippen LogP contribution < -0.4 is 5.32 Å². The number of anilines is 1. The molecule has 0 spiro atoms. The lowest BCUT2D eigenvalue weighted by Gasteiger charge is -2.26. The van der Waals surface area contributed by atoms with Crippen molar-refractivity contribution in [3.05, 3.63) is 29.8 Å². The molecule has 2 rings (SSSR count). The van der Waals surface area contributed by atoms with Gasteiger partial charge in [0.25, 0.3) is 0 Å². The second-order valence-electron chi connectivity index (χ2n) is 4.15. The topological polar surface area (TPSA) is 73.2 Å². The molecule has 0 saturated carbocycles. The average Bonchev–Trinajstić information content (AvgIpc) is 2.40. The Balaban J connectivity index is 1.94. The van der Waals surface area contributed by atoms with E-state index in [1.54, 1.807) is 29.2 Å². The minimum Gasteiger partial charge on any atom is -0.324 e. The van der Waals surface area contributed by atoms with Crippen molar-refractivity contribution < 1.29 is 9.59 Å². The van der Waals surface area contributed by atoms with E-state index in [1.807, 2.05) is 6.07 Å². The van der Waals surface area contributed by atoms with Gasteiger partial charge in [0.1, 0.15) is 5.78 Å². The zero-order chi connectivity index (χ0) is 13.0. The van der Waals surface area contributed by atoms with Gasteiger partial charge in [0.05, 0.1) is 11.6 Å². The molecule has 0 aliphatic carbocycles. The summed E-state index contributed by atoms with van der Waals surface area (Å²) in [6, 6.07) is 8.48. The summed E-state index contributed by atoms with van der Waals surface area (Å²) in [5.41, 5.74) is 1.20. The monoisotopic (exact) mass is 243 g/mol. The van der Waals surface area contributed by atoms with Crippen molar-refractivity contribution in [2.75, 3.05) is 18.4 Å². The lowest BCUT2D eigenvalue weighted by atomic mass is 10.1. The molecule has 5 heteroatoms. The third-order valence-corrected chi connectivity index (χ3v) is 2.87. The third kappa shape index (κ3) is 2.86. The number of carbonyl (C=O) groups excluding carboxylic acids is 2. The Kier molecular flexibility index (Phi) is 3.58. The molecule has 1 aromatic carbocycles. The first-order valence-electron chi connectivity index (χ1n) is 5.77. The SMILES string of the molecule is N#Cc1ccc(NC(=O)N2CCC(=O)CC2)cc1.